The SMILES string of the molecule is CC=Cc1cccc(N2CCCC2)c1. The van der Waals surface area contributed by atoms with Crippen LogP contribution in [-0.2, 0) is 0 Å². The molecule has 14 heavy (non-hydrogen) atoms. The highest BCUT2D eigenvalue weighted by Gasteiger charge is 2.11. The second-order valence-corrected chi connectivity index (χ2v) is 3.79. The molecule has 0 amide bonds. The van der Waals surface area contributed by atoms with E-state index in [9.17, 15) is 0 Å². The van der Waals surface area contributed by atoms with Crippen LogP contribution in [0.4, 0.5) is 5.69 Å². The Bertz CT molecular complexity index is 322. The van der Waals surface area contributed by atoms with Crippen LogP contribution >= 0.6 is 0 Å². The van der Waals surface area contributed by atoms with Crippen molar-refractivity contribution in [1.82, 2.24) is 0 Å². The molecule has 1 aromatic carbocycles. The van der Waals surface area contributed by atoms with Crippen LogP contribution in [0.25, 0.3) is 6.08 Å². The predicted molar refractivity (Wildman–Crippen MR) is 62.6 cm³/mol. The minimum atomic E-state index is 1.22. The second-order valence-electron chi connectivity index (χ2n) is 3.79. The fraction of sp³-hybridized carbons (Fsp3) is 0.385. The first-order valence-corrected chi connectivity index (χ1v) is 5.38. The fourth-order valence-electron chi connectivity index (χ4n) is 1.99. The lowest BCUT2D eigenvalue weighted by molar-refractivity contribution is 0.949. The van der Waals surface area contributed by atoms with E-state index < -0.39 is 0 Å². The zero-order chi connectivity index (χ0) is 9.80. The Morgan fingerprint density at radius 2 is 2.00 bits per heavy atom. The number of benzene rings is 1. The topological polar surface area (TPSA) is 3.24 Å². The minimum Gasteiger partial charge on any atom is -0.372 e. The molecule has 1 aromatic rings. The van der Waals surface area contributed by atoms with Gasteiger partial charge < -0.3 is 4.90 Å². The van der Waals surface area contributed by atoms with Gasteiger partial charge >= 0.3 is 0 Å². The van der Waals surface area contributed by atoms with Gasteiger partial charge in [0.2, 0.25) is 0 Å². The van der Waals surface area contributed by atoms with Crippen molar-refractivity contribution in [3.05, 3.63) is 35.9 Å². The molecule has 1 aliphatic rings. The van der Waals surface area contributed by atoms with Gasteiger partial charge in [-0.15, -0.1) is 0 Å². The van der Waals surface area contributed by atoms with Gasteiger partial charge in [0, 0.05) is 18.8 Å². The molecule has 0 aliphatic carbocycles. The number of allylic oxidation sites excluding steroid dienone is 1. The van der Waals surface area contributed by atoms with E-state index in [1.165, 1.54) is 37.2 Å². The Morgan fingerprint density at radius 3 is 2.71 bits per heavy atom. The zero-order valence-corrected chi connectivity index (χ0v) is 8.74. The van der Waals surface area contributed by atoms with Crippen molar-refractivity contribution in [1.29, 1.82) is 0 Å². The molecule has 0 spiro atoms. The van der Waals surface area contributed by atoms with Gasteiger partial charge in [0.15, 0.2) is 0 Å². The quantitative estimate of drug-likeness (QED) is 0.686. The Morgan fingerprint density at radius 1 is 1.21 bits per heavy atom. The molecule has 0 N–H and O–H groups in total. The number of rotatable bonds is 2. The lowest BCUT2D eigenvalue weighted by Gasteiger charge is -2.17. The molecule has 2 rings (SSSR count). The smallest absolute Gasteiger partial charge is 0.0372 e. The Hall–Kier alpha value is -1.24. The summed E-state index contributed by atoms with van der Waals surface area (Å²) >= 11 is 0. The number of anilines is 1. The predicted octanol–water partition coefficient (Wildman–Crippen LogP) is 3.32. The molecule has 0 aromatic heterocycles. The van der Waals surface area contributed by atoms with E-state index >= 15 is 0 Å². The summed E-state index contributed by atoms with van der Waals surface area (Å²) in [7, 11) is 0. The van der Waals surface area contributed by atoms with Crippen LogP contribution < -0.4 is 4.90 Å². The van der Waals surface area contributed by atoms with Crippen LogP contribution in [0.3, 0.4) is 0 Å². The third-order valence-electron chi connectivity index (χ3n) is 2.70. The van der Waals surface area contributed by atoms with Crippen molar-refractivity contribution in [2.45, 2.75) is 19.8 Å². The van der Waals surface area contributed by atoms with E-state index in [-0.39, 0.29) is 0 Å². The van der Waals surface area contributed by atoms with Gasteiger partial charge in [-0.1, -0.05) is 24.3 Å². The summed E-state index contributed by atoms with van der Waals surface area (Å²) in [5.41, 5.74) is 2.68. The van der Waals surface area contributed by atoms with Gasteiger partial charge in [-0.2, -0.15) is 0 Å². The number of nitrogens with zero attached hydrogens (tertiary/aromatic N) is 1. The molecule has 0 radical (unpaired) electrons. The highest BCUT2D eigenvalue weighted by molar-refractivity contribution is 5.58. The molecule has 0 bridgehead atoms. The Kier molecular flexibility index (Phi) is 2.87. The first-order valence-electron chi connectivity index (χ1n) is 5.38. The average molecular weight is 187 g/mol. The van der Waals surface area contributed by atoms with E-state index in [0.29, 0.717) is 0 Å². The van der Waals surface area contributed by atoms with Gasteiger partial charge in [-0.3, -0.25) is 0 Å². The molecule has 0 saturated carbocycles. The van der Waals surface area contributed by atoms with Crippen LogP contribution in [0.15, 0.2) is 30.3 Å². The highest BCUT2D eigenvalue weighted by atomic mass is 15.1. The molecule has 1 heterocycles. The molecule has 74 valence electrons. The minimum absolute atomic E-state index is 1.22. The van der Waals surface area contributed by atoms with E-state index in [1.807, 2.05) is 0 Å². The van der Waals surface area contributed by atoms with Crippen molar-refractivity contribution in [2.24, 2.45) is 0 Å². The molecule has 1 heteroatoms. The second kappa shape index (κ2) is 4.32. The van der Waals surface area contributed by atoms with Crippen LogP contribution in [0.2, 0.25) is 0 Å². The first kappa shape index (κ1) is 9.32. The lowest BCUT2D eigenvalue weighted by atomic mass is 10.2. The third-order valence-corrected chi connectivity index (χ3v) is 2.70. The van der Waals surface area contributed by atoms with Crippen LogP contribution in [-0.4, -0.2) is 13.1 Å². The maximum absolute atomic E-state index is 2.47. The molecule has 1 aliphatic heterocycles. The summed E-state index contributed by atoms with van der Waals surface area (Å²) in [6.07, 6.45) is 6.92. The molecule has 1 nitrogen and oxygen atoms in total. The fourth-order valence-corrected chi connectivity index (χ4v) is 1.99. The molecular formula is C13H17N. The van der Waals surface area contributed by atoms with Gasteiger partial charge in [-0.25, -0.2) is 0 Å². The maximum Gasteiger partial charge on any atom is 0.0372 e. The average Bonchev–Trinajstić information content (AvgIpc) is 2.71. The monoisotopic (exact) mass is 187 g/mol. The molecule has 1 fully saturated rings. The van der Waals surface area contributed by atoms with E-state index in [2.05, 4.69) is 48.2 Å². The number of hydrogen-bond donors (Lipinski definition) is 0. The van der Waals surface area contributed by atoms with Gasteiger partial charge in [-0.05, 0) is 37.5 Å². The summed E-state index contributed by atoms with van der Waals surface area (Å²) in [6, 6.07) is 8.77. The summed E-state index contributed by atoms with van der Waals surface area (Å²) in [4.78, 5) is 2.47. The Balaban J connectivity index is 2.20. The highest BCUT2D eigenvalue weighted by Crippen LogP contribution is 2.21. The lowest BCUT2D eigenvalue weighted by Crippen LogP contribution is -2.17. The normalized spacial score (nSPS) is 16.8. The standard InChI is InChI=1S/C13H17N/c1-2-6-12-7-5-8-13(11-12)14-9-3-4-10-14/h2,5-8,11H,3-4,9-10H2,1H3. The molecule has 1 saturated heterocycles. The van der Waals surface area contributed by atoms with Gasteiger partial charge in [0.25, 0.3) is 0 Å². The van der Waals surface area contributed by atoms with Crippen LogP contribution in [0.1, 0.15) is 25.3 Å². The first-order chi connectivity index (χ1) is 6.90. The summed E-state index contributed by atoms with van der Waals surface area (Å²) in [6.45, 7) is 4.50. The maximum atomic E-state index is 2.47. The third kappa shape index (κ3) is 1.98. The van der Waals surface area contributed by atoms with Crippen molar-refractivity contribution >= 4 is 11.8 Å². The molecular weight excluding hydrogens is 170 g/mol. The van der Waals surface area contributed by atoms with Gasteiger partial charge in [0.1, 0.15) is 0 Å². The van der Waals surface area contributed by atoms with Crippen LogP contribution in [0, 0.1) is 0 Å². The van der Waals surface area contributed by atoms with Gasteiger partial charge in [0.05, 0.1) is 0 Å². The van der Waals surface area contributed by atoms with Crippen molar-refractivity contribution in [2.75, 3.05) is 18.0 Å². The zero-order valence-electron chi connectivity index (χ0n) is 8.74. The summed E-state index contributed by atoms with van der Waals surface area (Å²) in [5, 5.41) is 0. The van der Waals surface area contributed by atoms with E-state index in [1.54, 1.807) is 0 Å². The summed E-state index contributed by atoms with van der Waals surface area (Å²) in [5.74, 6) is 0. The summed E-state index contributed by atoms with van der Waals surface area (Å²) < 4.78 is 0. The Labute approximate surface area is 86.1 Å². The van der Waals surface area contributed by atoms with E-state index in [0.717, 1.165) is 0 Å². The number of hydrogen-bond acceptors (Lipinski definition) is 1. The van der Waals surface area contributed by atoms with E-state index in [4.69, 9.17) is 0 Å². The molecule has 0 atom stereocenters. The van der Waals surface area contributed by atoms with Crippen molar-refractivity contribution in [3.8, 4) is 0 Å². The van der Waals surface area contributed by atoms with Crippen LogP contribution in [0.5, 0.6) is 0 Å². The van der Waals surface area contributed by atoms with Crippen molar-refractivity contribution in [3.63, 3.8) is 0 Å². The van der Waals surface area contributed by atoms with Crippen molar-refractivity contribution < 1.29 is 0 Å². The molecule has 0 unspecified atom stereocenters. The largest absolute Gasteiger partial charge is 0.372 e.